The van der Waals surface area contributed by atoms with Crippen molar-refractivity contribution in [2.45, 2.75) is 45.6 Å². The topological polar surface area (TPSA) is 104 Å². The maximum atomic E-state index is 12.8. The van der Waals surface area contributed by atoms with Crippen LogP contribution >= 0.6 is 11.3 Å². The van der Waals surface area contributed by atoms with Gasteiger partial charge in [-0.25, -0.2) is 0 Å². The van der Waals surface area contributed by atoms with E-state index >= 15 is 0 Å². The van der Waals surface area contributed by atoms with Gasteiger partial charge in [-0.1, -0.05) is 6.07 Å². The van der Waals surface area contributed by atoms with Crippen LogP contribution in [0.2, 0.25) is 0 Å². The van der Waals surface area contributed by atoms with E-state index in [2.05, 4.69) is 0 Å². The van der Waals surface area contributed by atoms with Gasteiger partial charge in [-0.2, -0.15) is 0 Å². The molecule has 0 N–H and O–H groups in total. The Morgan fingerprint density at radius 2 is 2.08 bits per heavy atom. The highest BCUT2D eigenvalue weighted by Gasteiger charge is 2.67. The molecule has 1 aromatic rings. The van der Waals surface area contributed by atoms with E-state index in [0.717, 1.165) is 0 Å². The molecular weight excluding hydrogens is 346 g/mol. The van der Waals surface area contributed by atoms with Crippen LogP contribution in [0.25, 0.3) is 0 Å². The SMILES string of the molecule is CCOC(=O)[C@]1(C(C)=O)C[C@@H](CC(C)=O)[C@@H]([N+](=O)[O-])[C@@H]1c1cccs1. The summed E-state index contributed by atoms with van der Waals surface area (Å²) in [4.78, 5) is 48.9. The van der Waals surface area contributed by atoms with Crippen LogP contribution in [-0.2, 0) is 19.1 Å². The van der Waals surface area contributed by atoms with Crippen LogP contribution in [0.3, 0.4) is 0 Å². The first kappa shape index (κ1) is 19.2. The number of ketones is 2. The van der Waals surface area contributed by atoms with Crippen LogP contribution in [-0.4, -0.2) is 35.1 Å². The predicted octanol–water partition coefficient (Wildman–Crippen LogP) is 2.61. The van der Waals surface area contributed by atoms with E-state index in [9.17, 15) is 24.5 Å². The Morgan fingerprint density at radius 3 is 2.52 bits per heavy atom. The highest BCUT2D eigenvalue weighted by molar-refractivity contribution is 7.10. The summed E-state index contributed by atoms with van der Waals surface area (Å²) in [6, 6.07) is 2.24. The van der Waals surface area contributed by atoms with Gasteiger partial charge in [0.1, 0.15) is 17.0 Å². The predicted molar refractivity (Wildman–Crippen MR) is 91.0 cm³/mol. The van der Waals surface area contributed by atoms with Crippen LogP contribution in [0.15, 0.2) is 17.5 Å². The van der Waals surface area contributed by atoms with E-state index in [0.29, 0.717) is 4.88 Å². The molecule has 1 fully saturated rings. The molecule has 0 aromatic carbocycles. The van der Waals surface area contributed by atoms with Gasteiger partial charge >= 0.3 is 5.97 Å². The van der Waals surface area contributed by atoms with Gasteiger partial charge in [0, 0.05) is 22.1 Å². The highest BCUT2D eigenvalue weighted by atomic mass is 32.1. The third-order valence-electron chi connectivity index (χ3n) is 4.85. The van der Waals surface area contributed by atoms with Gasteiger partial charge in [0.05, 0.1) is 12.5 Å². The molecule has 0 bridgehead atoms. The normalized spacial score (nSPS) is 28.5. The Hall–Kier alpha value is -2.09. The quantitative estimate of drug-likeness (QED) is 0.318. The number of Topliss-reactive ketones (excluding diaryl/α,β-unsaturated/α-hetero) is 2. The zero-order valence-corrected chi connectivity index (χ0v) is 15.2. The van der Waals surface area contributed by atoms with Crippen LogP contribution in [0, 0.1) is 21.4 Å². The van der Waals surface area contributed by atoms with Gasteiger partial charge < -0.3 is 9.53 Å². The molecule has 8 heteroatoms. The Morgan fingerprint density at radius 1 is 1.40 bits per heavy atom. The summed E-state index contributed by atoms with van der Waals surface area (Å²) < 4.78 is 5.14. The Labute approximate surface area is 149 Å². The lowest BCUT2D eigenvalue weighted by molar-refractivity contribution is -0.532. The van der Waals surface area contributed by atoms with Crippen LogP contribution in [0.5, 0.6) is 0 Å². The van der Waals surface area contributed by atoms with Gasteiger partial charge in [0.25, 0.3) is 0 Å². The minimum absolute atomic E-state index is 0.0397. The zero-order valence-electron chi connectivity index (χ0n) is 14.4. The Bertz CT molecular complexity index is 685. The number of nitro groups is 1. The third kappa shape index (κ3) is 3.35. The number of hydrogen-bond acceptors (Lipinski definition) is 7. The maximum Gasteiger partial charge on any atom is 0.320 e. The lowest BCUT2D eigenvalue weighted by Gasteiger charge is -2.29. The lowest BCUT2D eigenvalue weighted by atomic mass is 9.73. The Kier molecular flexibility index (Phi) is 5.72. The zero-order chi connectivity index (χ0) is 18.8. The first-order chi connectivity index (χ1) is 11.8. The van der Waals surface area contributed by atoms with Gasteiger partial charge in [-0.3, -0.25) is 19.7 Å². The molecule has 1 heterocycles. The molecule has 0 radical (unpaired) electrons. The maximum absolute atomic E-state index is 12.8. The molecule has 136 valence electrons. The van der Waals surface area contributed by atoms with Crippen molar-refractivity contribution < 1.29 is 24.0 Å². The molecule has 25 heavy (non-hydrogen) atoms. The average molecular weight is 367 g/mol. The number of nitrogens with zero attached hydrogens (tertiary/aromatic N) is 1. The molecule has 7 nitrogen and oxygen atoms in total. The van der Waals surface area contributed by atoms with Crippen LogP contribution < -0.4 is 0 Å². The molecule has 0 unspecified atom stereocenters. The molecule has 1 aliphatic carbocycles. The second kappa shape index (κ2) is 7.43. The fourth-order valence-electron chi connectivity index (χ4n) is 3.94. The summed E-state index contributed by atoms with van der Waals surface area (Å²) in [5.74, 6) is -3.01. The molecule has 0 aliphatic heterocycles. The average Bonchev–Trinajstić information content (AvgIpc) is 3.11. The van der Waals surface area contributed by atoms with Crippen molar-refractivity contribution >= 4 is 28.9 Å². The van der Waals surface area contributed by atoms with E-state index in [4.69, 9.17) is 4.74 Å². The first-order valence-electron chi connectivity index (χ1n) is 8.10. The number of esters is 1. The standard InChI is InChI=1S/C17H21NO6S/c1-4-24-16(21)17(11(3)20)9-12(8-10(2)19)15(18(22)23)14(17)13-6-5-7-25-13/h5-7,12,14-15H,4,8-9H2,1-3H3/t12-,14+,15-,17+/m1/s1. The Balaban J connectivity index is 2.65. The van der Waals surface area contributed by atoms with Gasteiger partial charge in [-0.05, 0) is 38.6 Å². The fraction of sp³-hybridized carbons (Fsp3) is 0.588. The van der Waals surface area contributed by atoms with Gasteiger partial charge in [0.15, 0.2) is 0 Å². The molecule has 0 spiro atoms. The van der Waals surface area contributed by atoms with Crippen molar-refractivity contribution in [3.8, 4) is 0 Å². The summed E-state index contributed by atoms with van der Waals surface area (Å²) in [6.45, 7) is 4.32. The van der Waals surface area contributed by atoms with Gasteiger partial charge in [0.2, 0.25) is 6.04 Å². The fourth-order valence-corrected chi connectivity index (χ4v) is 4.90. The minimum Gasteiger partial charge on any atom is -0.465 e. The van der Waals surface area contributed by atoms with Gasteiger partial charge in [-0.15, -0.1) is 11.3 Å². The van der Waals surface area contributed by atoms with E-state index in [1.807, 2.05) is 0 Å². The van der Waals surface area contributed by atoms with Crippen molar-refractivity contribution in [3.05, 3.63) is 32.5 Å². The van der Waals surface area contributed by atoms with E-state index in [1.54, 1.807) is 24.4 Å². The number of carbonyl (C=O) groups excluding carboxylic acids is 3. The van der Waals surface area contributed by atoms with Crippen molar-refractivity contribution in [2.75, 3.05) is 6.61 Å². The monoisotopic (exact) mass is 367 g/mol. The third-order valence-corrected chi connectivity index (χ3v) is 5.81. The number of hydrogen-bond donors (Lipinski definition) is 0. The van der Waals surface area contributed by atoms with Crippen molar-refractivity contribution in [2.24, 2.45) is 11.3 Å². The second-order valence-electron chi connectivity index (χ2n) is 6.39. The summed E-state index contributed by atoms with van der Waals surface area (Å²) >= 11 is 1.27. The van der Waals surface area contributed by atoms with Crippen LogP contribution in [0.4, 0.5) is 0 Å². The number of ether oxygens (including phenoxy) is 1. The van der Waals surface area contributed by atoms with Crippen molar-refractivity contribution in [1.82, 2.24) is 0 Å². The largest absolute Gasteiger partial charge is 0.465 e. The molecule has 1 saturated carbocycles. The molecule has 1 aromatic heterocycles. The summed E-state index contributed by atoms with van der Waals surface area (Å²) in [7, 11) is 0. The van der Waals surface area contributed by atoms with Crippen molar-refractivity contribution in [3.63, 3.8) is 0 Å². The second-order valence-corrected chi connectivity index (χ2v) is 7.37. The summed E-state index contributed by atoms with van der Waals surface area (Å²) in [6.07, 6.45) is -0.0864. The molecule has 1 aliphatic rings. The number of thiophene rings is 1. The van der Waals surface area contributed by atoms with E-state index in [1.165, 1.54) is 25.2 Å². The van der Waals surface area contributed by atoms with E-state index in [-0.39, 0.29) is 25.2 Å². The number of rotatable bonds is 7. The highest BCUT2D eigenvalue weighted by Crippen LogP contribution is 2.56. The molecule has 2 rings (SSSR count). The van der Waals surface area contributed by atoms with E-state index < -0.39 is 40.0 Å². The molecule has 0 amide bonds. The first-order valence-corrected chi connectivity index (χ1v) is 8.98. The molecular formula is C17H21NO6S. The summed E-state index contributed by atoms with van der Waals surface area (Å²) in [5, 5.41) is 13.6. The lowest BCUT2D eigenvalue weighted by Crippen LogP contribution is -2.44. The minimum atomic E-state index is -1.63. The molecule has 4 atom stereocenters. The van der Waals surface area contributed by atoms with Crippen LogP contribution in [0.1, 0.15) is 44.4 Å². The smallest absolute Gasteiger partial charge is 0.320 e. The molecule has 0 saturated heterocycles. The van der Waals surface area contributed by atoms with Crippen molar-refractivity contribution in [1.29, 1.82) is 0 Å². The summed E-state index contributed by atoms with van der Waals surface area (Å²) in [5.41, 5.74) is -1.63. The number of carbonyl (C=O) groups is 3.